The first kappa shape index (κ1) is 25.7. The first-order valence-electron chi connectivity index (χ1n) is 13.1. The maximum Gasteiger partial charge on any atom is 0.265 e. The average molecular weight is 587 g/mol. The number of halogens is 2. The minimum Gasteiger partial charge on any atom is -0.494 e. The number of nitrogen functional groups attached to an aromatic ring is 1. The van der Waals surface area contributed by atoms with Crippen LogP contribution in [0.3, 0.4) is 0 Å². The second kappa shape index (κ2) is 9.67. The number of fused-ring (bicyclic) bond motifs is 2. The number of methoxy groups -OCH3 is 1. The molecule has 0 amide bonds. The summed E-state index contributed by atoms with van der Waals surface area (Å²) in [7, 11) is 1.42. The molecule has 1 fully saturated rings. The van der Waals surface area contributed by atoms with E-state index in [2.05, 4.69) is 9.97 Å². The van der Waals surface area contributed by atoms with Gasteiger partial charge in [-0.1, -0.05) is 41.4 Å². The standard InChI is InChI=1S/C30H24ClFN6O2S/c1-15-4-3-5-17(10-15)24-19(12-23-37(30(24)39)22(31)13-41-23)27(16-6-7-16)38-29-25(28(33)34-14-35-29)26(36-38)18-8-9-21(40-2)20(32)11-18/h3-5,8-14,16,27H,6-7H2,1-2H3,(H2,33,34,35)/t27-/m0/s1. The summed E-state index contributed by atoms with van der Waals surface area (Å²) >= 11 is 7.89. The summed E-state index contributed by atoms with van der Waals surface area (Å²) in [6, 6.07) is 14.2. The van der Waals surface area contributed by atoms with Crippen LogP contribution in [-0.4, -0.2) is 31.3 Å². The Morgan fingerprint density at radius 2 is 1.98 bits per heavy atom. The topological polar surface area (TPSA) is 100 Å². The average Bonchev–Trinajstić information content (AvgIpc) is 3.61. The molecule has 0 aliphatic heterocycles. The number of hydrogen-bond acceptors (Lipinski definition) is 7. The molecule has 1 aliphatic rings. The van der Waals surface area contributed by atoms with E-state index in [9.17, 15) is 9.18 Å². The molecule has 6 aromatic rings. The van der Waals surface area contributed by atoms with Gasteiger partial charge in [-0.3, -0.25) is 9.20 Å². The van der Waals surface area contributed by atoms with E-state index in [4.69, 9.17) is 27.2 Å². The monoisotopic (exact) mass is 586 g/mol. The van der Waals surface area contributed by atoms with Gasteiger partial charge in [0, 0.05) is 10.9 Å². The Kier molecular flexibility index (Phi) is 6.06. The molecule has 206 valence electrons. The summed E-state index contributed by atoms with van der Waals surface area (Å²) < 4.78 is 23.3. The first-order valence-corrected chi connectivity index (χ1v) is 14.3. The van der Waals surface area contributed by atoms with Gasteiger partial charge in [-0.05, 0) is 61.1 Å². The molecule has 0 radical (unpaired) electrons. The Hall–Kier alpha value is -4.28. The SMILES string of the molecule is COc1ccc(-c2nn([C@H](c3cc4scc(Cl)n4c(=O)c3-c3cccc(C)c3)C3CC3)c3ncnc(N)c23)cc1F. The lowest BCUT2D eigenvalue weighted by molar-refractivity contribution is 0.386. The molecule has 0 unspecified atom stereocenters. The minimum absolute atomic E-state index is 0.128. The minimum atomic E-state index is -0.517. The molecular weight excluding hydrogens is 563 g/mol. The van der Waals surface area contributed by atoms with Gasteiger partial charge in [0.15, 0.2) is 17.2 Å². The summed E-state index contributed by atoms with van der Waals surface area (Å²) in [4.78, 5) is 23.7. The molecule has 0 spiro atoms. The summed E-state index contributed by atoms with van der Waals surface area (Å²) in [6.07, 6.45) is 3.31. The highest BCUT2D eigenvalue weighted by molar-refractivity contribution is 7.16. The molecule has 8 nitrogen and oxygen atoms in total. The van der Waals surface area contributed by atoms with Crippen molar-refractivity contribution in [2.24, 2.45) is 5.92 Å². The van der Waals surface area contributed by atoms with Crippen molar-refractivity contribution in [3.8, 4) is 28.1 Å². The summed E-state index contributed by atoms with van der Waals surface area (Å²) in [5.74, 6) is 0.0532. The molecule has 4 heterocycles. The number of hydrogen-bond donors (Lipinski definition) is 1. The van der Waals surface area contributed by atoms with Crippen LogP contribution >= 0.6 is 22.9 Å². The second-order valence-corrected chi connectivity index (χ2v) is 11.5. The molecule has 0 saturated heterocycles. The van der Waals surface area contributed by atoms with Crippen LogP contribution in [-0.2, 0) is 0 Å². The number of rotatable bonds is 6. The lowest BCUT2D eigenvalue weighted by Crippen LogP contribution is -2.23. The van der Waals surface area contributed by atoms with Crippen LogP contribution in [0.1, 0.15) is 30.0 Å². The Morgan fingerprint density at radius 1 is 1.15 bits per heavy atom. The number of aromatic nitrogens is 5. The number of anilines is 1. The predicted molar refractivity (Wildman–Crippen MR) is 159 cm³/mol. The van der Waals surface area contributed by atoms with E-state index in [1.165, 1.54) is 30.8 Å². The molecule has 2 aromatic carbocycles. The van der Waals surface area contributed by atoms with E-state index >= 15 is 0 Å². The van der Waals surface area contributed by atoms with Crippen LogP contribution < -0.4 is 16.0 Å². The van der Waals surface area contributed by atoms with Crippen molar-refractivity contribution < 1.29 is 9.13 Å². The molecule has 1 atom stereocenters. The zero-order chi connectivity index (χ0) is 28.4. The van der Waals surface area contributed by atoms with Gasteiger partial charge in [0.2, 0.25) is 0 Å². The highest BCUT2D eigenvalue weighted by Crippen LogP contribution is 2.48. The summed E-state index contributed by atoms with van der Waals surface area (Å²) in [5.41, 5.74) is 10.9. The largest absolute Gasteiger partial charge is 0.494 e. The van der Waals surface area contributed by atoms with Gasteiger partial charge in [0.25, 0.3) is 5.56 Å². The van der Waals surface area contributed by atoms with Gasteiger partial charge in [0.1, 0.15) is 27.8 Å². The third-order valence-electron chi connectivity index (χ3n) is 7.60. The Morgan fingerprint density at radius 3 is 2.71 bits per heavy atom. The second-order valence-electron chi connectivity index (χ2n) is 10.3. The van der Waals surface area contributed by atoms with Crippen LogP contribution in [0.25, 0.3) is 38.2 Å². The number of nitrogens with two attached hydrogens (primary N) is 1. The molecule has 2 N–H and O–H groups in total. The predicted octanol–water partition coefficient (Wildman–Crippen LogP) is 6.53. The molecule has 41 heavy (non-hydrogen) atoms. The molecule has 1 aliphatic carbocycles. The van der Waals surface area contributed by atoms with E-state index in [1.807, 2.05) is 41.9 Å². The van der Waals surface area contributed by atoms with Gasteiger partial charge in [0.05, 0.1) is 24.1 Å². The smallest absolute Gasteiger partial charge is 0.265 e. The zero-order valence-electron chi connectivity index (χ0n) is 22.1. The number of aryl methyl sites for hydroxylation is 1. The van der Waals surface area contributed by atoms with E-state index < -0.39 is 5.82 Å². The molecule has 7 rings (SSSR count). The van der Waals surface area contributed by atoms with Crippen molar-refractivity contribution in [1.29, 1.82) is 0 Å². The van der Waals surface area contributed by atoms with E-state index in [0.29, 0.717) is 33.0 Å². The molecule has 0 bridgehead atoms. The molecule has 11 heteroatoms. The van der Waals surface area contributed by atoms with Crippen molar-refractivity contribution in [3.63, 3.8) is 0 Å². The van der Waals surface area contributed by atoms with Gasteiger partial charge in [-0.2, -0.15) is 5.10 Å². The third kappa shape index (κ3) is 4.17. The van der Waals surface area contributed by atoms with Crippen molar-refractivity contribution in [2.75, 3.05) is 12.8 Å². The fraction of sp³-hybridized carbons (Fsp3) is 0.200. The van der Waals surface area contributed by atoms with E-state index in [-0.39, 0.29) is 29.1 Å². The van der Waals surface area contributed by atoms with Crippen molar-refractivity contribution >= 4 is 44.6 Å². The zero-order valence-corrected chi connectivity index (χ0v) is 23.7. The normalized spacial score (nSPS) is 14.1. The number of benzene rings is 2. The van der Waals surface area contributed by atoms with Gasteiger partial charge in [-0.25, -0.2) is 19.0 Å². The fourth-order valence-electron chi connectivity index (χ4n) is 5.58. The maximum absolute atomic E-state index is 14.8. The van der Waals surface area contributed by atoms with Crippen molar-refractivity contribution in [3.05, 3.63) is 92.7 Å². The van der Waals surface area contributed by atoms with E-state index in [0.717, 1.165) is 34.4 Å². The van der Waals surface area contributed by atoms with Crippen LogP contribution in [0, 0.1) is 18.7 Å². The highest BCUT2D eigenvalue weighted by atomic mass is 35.5. The van der Waals surface area contributed by atoms with Crippen LogP contribution in [0.15, 0.2) is 65.0 Å². The van der Waals surface area contributed by atoms with Crippen molar-refractivity contribution in [1.82, 2.24) is 24.1 Å². The Bertz CT molecular complexity index is 2050. The van der Waals surface area contributed by atoms with E-state index in [1.54, 1.807) is 21.9 Å². The van der Waals surface area contributed by atoms with Crippen molar-refractivity contribution in [2.45, 2.75) is 25.8 Å². The lowest BCUT2D eigenvalue weighted by atomic mass is 9.93. The number of nitrogens with zero attached hydrogens (tertiary/aromatic N) is 5. The van der Waals surface area contributed by atoms with Crippen LogP contribution in [0.4, 0.5) is 10.2 Å². The number of pyridine rings is 1. The van der Waals surface area contributed by atoms with Crippen LogP contribution in [0.5, 0.6) is 5.75 Å². The third-order valence-corrected chi connectivity index (χ3v) is 8.89. The number of ether oxygens (including phenoxy) is 1. The van der Waals surface area contributed by atoms with Gasteiger partial charge in [-0.15, -0.1) is 11.3 Å². The summed E-state index contributed by atoms with van der Waals surface area (Å²) in [6.45, 7) is 2.00. The maximum atomic E-state index is 14.8. The molecule has 1 saturated carbocycles. The lowest BCUT2D eigenvalue weighted by Gasteiger charge is -2.22. The first-order chi connectivity index (χ1) is 19.9. The Labute approximate surface area is 242 Å². The number of thiazole rings is 1. The molecular formula is C30H24ClFN6O2S. The quantitative estimate of drug-likeness (QED) is 0.238. The Balaban J connectivity index is 1.53. The fourth-order valence-corrected chi connectivity index (χ4v) is 6.74. The van der Waals surface area contributed by atoms with Crippen LogP contribution in [0.2, 0.25) is 5.15 Å². The molecule has 4 aromatic heterocycles. The highest BCUT2D eigenvalue weighted by Gasteiger charge is 2.39. The van der Waals surface area contributed by atoms with Gasteiger partial charge >= 0.3 is 0 Å². The van der Waals surface area contributed by atoms with Gasteiger partial charge < -0.3 is 10.5 Å². The summed E-state index contributed by atoms with van der Waals surface area (Å²) in [5, 5.41) is 7.68.